The monoisotopic (exact) mass is 829 g/mol. The van der Waals surface area contributed by atoms with Crippen molar-refractivity contribution in [3.8, 4) is 0 Å². The first kappa shape index (κ1) is 55.2. The van der Waals surface area contributed by atoms with Crippen LogP contribution in [0.2, 0.25) is 0 Å². The Morgan fingerprint density at radius 2 is 0.912 bits per heavy atom. The van der Waals surface area contributed by atoms with Crippen LogP contribution in [-0.2, 0) is 32.7 Å². The van der Waals surface area contributed by atoms with Gasteiger partial charge >= 0.3 is 19.8 Å². The van der Waals surface area contributed by atoms with Gasteiger partial charge in [0.1, 0.15) is 12.7 Å². The third-order valence-electron chi connectivity index (χ3n) is 9.80. The van der Waals surface area contributed by atoms with E-state index in [1.807, 2.05) is 0 Å². The Hall–Kier alpha value is -1.81. The molecule has 0 aliphatic carbocycles. The fourth-order valence-corrected chi connectivity index (χ4v) is 7.03. The summed E-state index contributed by atoms with van der Waals surface area (Å²) in [6.45, 7) is 2.35. The third-order valence-corrected chi connectivity index (χ3v) is 10.7. The lowest BCUT2D eigenvalue weighted by molar-refractivity contribution is -0.161. The van der Waals surface area contributed by atoms with Crippen LogP contribution in [0.1, 0.15) is 206 Å². The topological polar surface area (TPSA) is 149 Å². The van der Waals surface area contributed by atoms with Crippen molar-refractivity contribution in [2.45, 2.75) is 219 Å². The lowest BCUT2D eigenvalue weighted by Crippen LogP contribution is -2.29. The van der Waals surface area contributed by atoms with Gasteiger partial charge in [0.15, 0.2) is 6.10 Å². The molecule has 0 saturated carbocycles. The van der Waals surface area contributed by atoms with E-state index in [0.29, 0.717) is 12.8 Å². The number of carbonyl (C=O) groups is 2. The lowest BCUT2D eigenvalue weighted by Gasteiger charge is -2.20. The Kier molecular flexibility index (Phi) is 41.0. The SMILES string of the molecule is CCCCC/C=C/C/C=C/C/C=C/CCCCCCC(=O)OC[C@H](COP(=O)(O)OC[C@@H](O)CO)OC(=O)CCCCCCCCCCCCCCCCCCC. The van der Waals surface area contributed by atoms with Crippen LogP contribution in [0.4, 0.5) is 0 Å². The highest BCUT2D eigenvalue weighted by Crippen LogP contribution is 2.43. The van der Waals surface area contributed by atoms with Crippen LogP contribution in [0, 0.1) is 0 Å². The van der Waals surface area contributed by atoms with Gasteiger partial charge in [-0.15, -0.1) is 0 Å². The minimum atomic E-state index is -4.62. The molecule has 3 N–H and O–H groups in total. The molecule has 0 aromatic rings. The molecule has 3 atom stereocenters. The Bertz CT molecular complexity index is 1050. The smallest absolute Gasteiger partial charge is 0.462 e. The number of phosphoric ester groups is 1. The summed E-state index contributed by atoms with van der Waals surface area (Å²) in [7, 11) is -4.62. The fraction of sp³-hybridized carbons (Fsp3) is 0.826. The van der Waals surface area contributed by atoms with Gasteiger partial charge < -0.3 is 24.6 Å². The minimum Gasteiger partial charge on any atom is -0.462 e. The van der Waals surface area contributed by atoms with Gasteiger partial charge in [-0.3, -0.25) is 18.6 Å². The summed E-state index contributed by atoms with van der Waals surface area (Å²) in [4.78, 5) is 35.0. The molecular weight excluding hydrogens is 743 g/mol. The van der Waals surface area contributed by atoms with E-state index in [1.165, 1.54) is 109 Å². The zero-order valence-electron chi connectivity index (χ0n) is 36.3. The van der Waals surface area contributed by atoms with Crippen molar-refractivity contribution in [1.29, 1.82) is 0 Å². The first-order valence-corrected chi connectivity index (χ1v) is 24.4. The molecule has 0 radical (unpaired) electrons. The molecule has 0 aromatic heterocycles. The normalized spacial score (nSPS) is 14.1. The molecule has 0 saturated heterocycles. The largest absolute Gasteiger partial charge is 0.472 e. The number of hydrogen-bond donors (Lipinski definition) is 3. The second kappa shape index (κ2) is 42.3. The number of unbranched alkanes of at least 4 members (excludes halogenated alkanes) is 23. The number of esters is 2. The second-order valence-corrected chi connectivity index (χ2v) is 16.9. The summed E-state index contributed by atoms with van der Waals surface area (Å²) < 4.78 is 32.7. The molecular formula is C46H85O10P. The number of allylic oxidation sites excluding steroid dienone is 6. The van der Waals surface area contributed by atoms with Crippen LogP contribution in [0.25, 0.3) is 0 Å². The summed E-state index contributed by atoms with van der Waals surface area (Å²) in [6, 6.07) is 0. The maximum absolute atomic E-state index is 12.6. The van der Waals surface area contributed by atoms with Crippen LogP contribution in [0.15, 0.2) is 36.5 Å². The van der Waals surface area contributed by atoms with Gasteiger partial charge in [-0.2, -0.15) is 0 Å². The highest BCUT2D eigenvalue weighted by Gasteiger charge is 2.27. The van der Waals surface area contributed by atoms with Gasteiger partial charge in [-0.25, -0.2) is 4.57 Å². The maximum Gasteiger partial charge on any atom is 0.472 e. The summed E-state index contributed by atoms with van der Waals surface area (Å²) in [6.07, 6.45) is 43.9. The van der Waals surface area contributed by atoms with Crippen LogP contribution >= 0.6 is 7.82 Å². The van der Waals surface area contributed by atoms with Gasteiger partial charge in [0.2, 0.25) is 0 Å². The van der Waals surface area contributed by atoms with E-state index in [-0.39, 0.29) is 19.4 Å². The number of carbonyl (C=O) groups excluding carboxylic acids is 2. The van der Waals surface area contributed by atoms with Crippen molar-refractivity contribution in [3.05, 3.63) is 36.5 Å². The molecule has 0 amide bonds. The standard InChI is InChI=1S/C46H85O10P/c1-3-5-7-9-11-13-15-17-19-21-23-25-27-29-31-33-35-37-45(49)53-41-44(42-55-57(51,52)54-40-43(48)39-47)56-46(50)38-36-34-32-30-28-26-24-22-20-18-16-14-12-10-8-6-4-2/h11,13,17,19,23,25,43-44,47-48H,3-10,12,14-16,18,20-22,24,26-42H2,1-2H3,(H,51,52)/b13-11+,19-17+,25-23+/t43-,44+/m0/s1. The number of hydrogen-bond acceptors (Lipinski definition) is 9. The van der Waals surface area contributed by atoms with Crippen LogP contribution in [0.5, 0.6) is 0 Å². The number of ether oxygens (including phenoxy) is 2. The van der Waals surface area contributed by atoms with Crippen molar-refractivity contribution in [2.24, 2.45) is 0 Å². The Labute approximate surface area is 348 Å². The number of aliphatic hydroxyl groups is 2. The molecule has 0 heterocycles. The average molecular weight is 829 g/mol. The Morgan fingerprint density at radius 3 is 1.40 bits per heavy atom. The molecule has 0 spiro atoms. The molecule has 57 heavy (non-hydrogen) atoms. The predicted molar refractivity (Wildman–Crippen MR) is 233 cm³/mol. The number of phosphoric acid groups is 1. The van der Waals surface area contributed by atoms with Crippen molar-refractivity contribution in [2.75, 3.05) is 26.4 Å². The van der Waals surface area contributed by atoms with Crippen molar-refractivity contribution >= 4 is 19.8 Å². The van der Waals surface area contributed by atoms with E-state index >= 15 is 0 Å². The van der Waals surface area contributed by atoms with Crippen molar-refractivity contribution in [3.63, 3.8) is 0 Å². The number of aliphatic hydroxyl groups excluding tert-OH is 2. The molecule has 1 unspecified atom stereocenters. The predicted octanol–water partition coefficient (Wildman–Crippen LogP) is 12.3. The van der Waals surface area contributed by atoms with Gasteiger partial charge in [-0.1, -0.05) is 179 Å². The van der Waals surface area contributed by atoms with E-state index in [4.69, 9.17) is 23.6 Å². The third kappa shape index (κ3) is 42.1. The molecule has 11 heteroatoms. The molecule has 0 fully saturated rings. The van der Waals surface area contributed by atoms with E-state index < -0.39 is 51.8 Å². The van der Waals surface area contributed by atoms with E-state index in [2.05, 4.69) is 50.3 Å². The quantitative estimate of drug-likeness (QED) is 0.0235. The molecule has 0 aliphatic rings. The maximum atomic E-state index is 12.6. The summed E-state index contributed by atoms with van der Waals surface area (Å²) >= 11 is 0. The van der Waals surface area contributed by atoms with Gasteiger partial charge in [-0.05, 0) is 51.4 Å². The van der Waals surface area contributed by atoms with E-state index in [0.717, 1.165) is 57.8 Å². The highest BCUT2D eigenvalue weighted by molar-refractivity contribution is 7.47. The zero-order chi connectivity index (χ0) is 41.9. The van der Waals surface area contributed by atoms with Crippen LogP contribution in [-0.4, -0.2) is 65.7 Å². The summed E-state index contributed by atoms with van der Waals surface area (Å²) in [5.41, 5.74) is 0. The van der Waals surface area contributed by atoms with E-state index in [1.54, 1.807) is 0 Å². The zero-order valence-corrected chi connectivity index (χ0v) is 37.2. The number of rotatable bonds is 43. The molecule has 334 valence electrons. The average Bonchev–Trinajstić information content (AvgIpc) is 3.20. The molecule has 10 nitrogen and oxygen atoms in total. The molecule has 0 rings (SSSR count). The minimum absolute atomic E-state index is 0.182. The molecule has 0 aliphatic heterocycles. The van der Waals surface area contributed by atoms with Crippen molar-refractivity contribution in [1.82, 2.24) is 0 Å². The first-order valence-electron chi connectivity index (χ1n) is 22.9. The lowest BCUT2D eigenvalue weighted by atomic mass is 10.0. The van der Waals surface area contributed by atoms with Crippen LogP contribution in [0.3, 0.4) is 0 Å². The van der Waals surface area contributed by atoms with Gasteiger partial charge in [0, 0.05) is 12.8 Å². The van der Waals surface area contributed by atoms with Gasteiger partial charge in [0.05, 0.1) is 19.8 Å². The highest BCUT2D eigenvalue weighted by atomic mass is 31.2. The van der Waals surface area contributed by atoms with Crippen molar-refractivity contribution < 1.29 is 47.8 Å². The summed E-state index contributed by atoms with van der Waals surface area (Å²) in [5, 5.41) is 18.3. The first-order chi connectivity index (χ1) is 27.7. The van der Waals surface area contributed by atoms with E-state index in [9.17, 15) is 24.2 Å². The molecule has 0 bridgehead atoms. The van der Waals surface area contributed by atoms with Crippen LogP contribution < -0.4 is 0 Å². The fourth-order valence-electron chi connectivity index (χ4n) is 6.24. The second-order valence-electron chi connectivity index (χ2n) is 15.4. The van der Waals surface area contributed by atoms with Gasteiger partial charge in [0.25, 0.3) is 0 Å². The molecule has 0 aromatic carbocycles. The Balaban J connectivity index is 4.29. The Morgan fingerprint density at radius 1 is 0.526 bits per heavy atom. The summed E-state index contributed by atoms with van der Waals surface area (Å²) in [5.74, 6) is -0.943.